The van der Waals surface area contributed by atoms with Gasteiger partial charge in [0.2, 0.25) is 5.88 Å². The van der Waals surface area contributed by atoms with Gasteiger partial charge in [-0.3, -0.25) is 0 Å². The third-order valence-corrected chi connectivity index (χ3v) is 5.40. The summed E-state index contributed by atoms with van der Waals surface area (Å²) in [6.45, 7) is 2.59. The maximum Gasteiger partial charge on any atom is 0.220 e. The third-order valence-electron chi connectivity index (χ3n) is 5.40. The molecule has 28 heavy (non-hydrogen) atoms. The topological polar surface area (TPSA) is 65.5 Å². The van der Waals surface area contributed by atoms with Crippen LogP contribution in [0.15, 0.2) is 18.2 Å². The minimum Gasteiger partial charge on any atom is -0.493 e. The summed E-state index contributed by atoms with van der Waals surface area (Å²) in [4.78, 5) is 9.64. The highest BCUT2D eigenvalue weighted by Crippen LogP contribution is 2.39. The number of benzene rings is 1. The number of nitrogens with zero attached hydrogens (tertiary/aromatic N) is 2. The van der Waals surface area contributed by atoms with Gasteiger partial charge in [0, 0.05) is 24.4 Å². The molecule has 0 spiro atoms. The van der Waals surface area contributed by atoms with Crippen LogP contribution in [0.25, 0.3) is 0 Å². The van der Waals surface area contributed by atoms with Gasteiger partial charge < -0.3 is 19.5 Å². The van der Waals surface area contributed by atoms with Gasteiger partial charge in [0.05, 0.1) is 26.5 Å². The normalized spacial score (nSPS) is 16.2. The molecule has 0 bridgehead atoms. The molecule has 1 N–H and O–H groups in total. The second kappa shape index (κ2) is 8.78. The van der Waals surface area contributed by atoms with E-state index in [0.29, 0.717) is 12.5 Å². The Labute approximate surface area is 166 Å². The quantitative estimate of drug-likeness (QED) is 0.707. The van der Waals surface area contributed by atoms with E-state index >= 15 is 0 Å². The van der Waals surface area contributed by atoms with E-state index in [-0.39, 0.29) is 0 Å². The molecule has 1 aromatic carbocycles. The highest BCUT2D eigenvalue weighted by atomic mass is 16.5. The van der Waals surface area contributed by atoms with E-state index in [2.05, 4.69) is 11.4 Å². The van der Waals surface area contributed by atoms with Gasteiger partial charge in [-0.15, -0.1) is 0 Å². The largest absolute Gasteiger partial charge is 0.493 e. The van der Waals surface area contributed by atoms with E-state index < -0.39 is 0 Å². The lowest BCUT2D eigenvalue weighted by Crippen LogP contribution is -2.16. The van der Waals surface area contributed by atoms with Crippen molar-refractivity contribution in [2.24, 2.45) is 0 Å². The van der Waals surface area contributed by atoms with Crippen LogP contribution < -0.4 is 19.5 Å². The van der Waals surface area contributed by atoms with E-state index in [1.807, 2.05) is 12.1 Å². The molecule has 2 aliphatic rings. The predicted octanol–water partition coefficient (Wildman–Crippen LogP) is 3.07. The van der Waals surface area contributed by atoms with Crippen LogP contribution in [-0.2, 0) is 19.3 Å². The molecule has 0 saturated heterocycles. The van der Waals surface area contributed by atoms with Crippen LogP contribution in [0, 0.1) is 0 Å². The van der Waals surface area contributed by atoms with Gasteiger partial charge in [-0.25, -0.2) is 4.98 Å². The van der Waals surface area contributed by atoms with Crippen LogP contribution in [0.3, 0.4) is 0 Å². The Bertz CT molecular complexity index is 821. The summed E-state index contributed by atoms with van der Waals surface area (Å²) in [5.74, 6) is 3.85. The van der Waals surface area contributed by atoms with Crippen LogP contribution in [0.2, 0.25) is 0 Å². The fraction of sp³-hybridized carbons (Fsp3) is 0.545. The first kappa shape index (κ1) is 19.0. The lowest BCUT2D eigenvalue weighted by atomic mass is 10.1. The molecule has 1 aliphatic heterocycles. The zero-order valence-electron chi connectivity index (χ0n) is 16.8. The zero-order chi connectivity index (χ0) is 19.3. The highest BCUT2D eigenvalue weighted by molar-refractivity contribution is 5.43. The number of rotatable bonds is 8. The van der Waals surface area contributed by atoms with Gasteiger partial charge in [0.15, 0.2) is 11.5 Å². The van der Waals surface area contributed by atoms with Crippen molar-refractivity contribution in [3.05, 3.63) is 40.8 Å². The van der Waals surface area contributed by atoms with Crippen molar-refractivity contribution in [1.82, 2.24) is 15.3 Å². The maximum absolute atomic E-state index is 6.17. The van der Waals surface area contributed by atoms with Crippen molar-refractivity contribution in [2.45, 2.75) is 44.4 Å². The summed E-state index contributed by atoms with van der Waals surface area (Å²) in [7, 11) is 3.32. The van der Waals surface area contributed by atoms with E-state index in [1.54, 1.807) is 14.2 Å². The second-order valence-electron chi connectivity index (χ2n) is 7.48. The minimum absolute atomic E-state index is 0.538. The molecular formula is C22H29N3O3. The smallest absolute Gasteiger partial charge is 0.220 e. The van der Waals surface area contributed by atoms with Crippen LogP contribution in [0.5, 0.6) is 17.4 Å². The van der Waals surface area contributed by atoms with Gasteiger partial charge in [-0.05, 0) is 56.3 Å². The van der Waals surface area contributed by atoms with Gasteiger partial charge in [0.25, 0.3) is 0 Å². The summed E-state index contributed by atoms with van der Waals surface area (Å²) >= 11 is 0. The third kappa shape index (κ3) is 4.38. The fourth-order valence-electron chi connectivity index (χ4n) is 3.65. The Balaban J connectivity index is 1.40. The van der Waals surface area contributed by atoms with Crippen molar-refractivity contribution in [3.63, 3.8) is 0 Å². The van der Waals surface area contributed by atoms with Crippen molar-refractivity contribution in [2.75, 3.05) is 33.9 Å². The zero-order valence-corrected chi connectivity index (χ0v) is 16.8. The molecule has 0 radical (unpaired) electrons. The van der Waals surface area contributed by atoms with Crippen molar-refractivity contribution >= 4 is 0 Å². The number of fused-ring (bicyclic) bond motifs is 1. The standard InChI is InChI=1S/C22H29N3O3/c1-26-19-8-5-15(14-20(19)27-2)4-3-13-28-22-17-9-11-23-12-10-18(17)24-21(25-22)16-6-7-16/h5,8,14,16,23H,3-4,6-7,9-13H2,1-2H3. The number of hydrogen-bond donors (Lipinski definition) is 1. The van der Waals surface area contributed by atoms with Crippen LogP contribution in [0.1, 0.15) is 47.8 Å². The van der Waals surface area contributed by atoms with E-state index in [0.717, 1.165) is 62.0 Å². The summed E-state index contributed by atoms with van der Waals surface area (Å²) in [5, 5.41) is 3.45. The average Bonchev–Trinajstić information content (AvgIpc) is 3.57. The monoisotopic (exact) mass is 383 g/mol. The van der Waals surface area contributed by atoms with Crippen LogP contribution >= 0.6 is 0 Å². The number of hydrogen-bond acceptors (Lipinski definition) is 6. The maximum atomic E-state index is 6.17. The molecule has 1 fully saturated rings. The van der Waals surface area contributed by atoms with Gasteiger partial charge in [-0.2, -0.15) is 4.98 Å². The van der Waals surface area contributed by atoms with E-state index in [4.69, 9.17) is 24.2 Å². The molecular weight excluding hydrogens is 354 g/mol. The van der Waals surface area contributed by atoms with Crippen molar-refractivity contribution in [3.8, 4) is 17.4 Å². The first-order chi connectivity index (χ1) is 13.8. The second-order valence-corrected chi connectivity index (χ2v) is 7.48. The molecule has 150 valence electrons. The lowest BCUT2D eigenvalue weighted by molar-refractivity contribution is 0.293. The Kier molecular flexibility index (Phi) is 5.95. The first-order valence-corrected chi connectivity index (χ1v) is 10.2. The Morgan fingerprint density at radius 3 is 2.64 bits per heavy atom. The molecule has 6 nitrogen and oxygen atoms in total. The highest BCUT2D eigenvalue weighted by Gasteiger charge is 2.29. The van der Waals surface area contributed by atoms with E-state index in [1.165, 1.54) is 29.7 Å². The number of aryl methyl sites for hydroxylation is 1. The van der Waals surface area contributed by atoms with Gasteiger partial charge >= 0.3 is 0 Å². The van der Waals surface area contributed by atoms with Crippen molar-refractivity contribution in [1.29, 1.82) is 0 Å². The minimum atomic E-state index is 0.538. The first-order valence-electron chi connectivity index (χ1n) is 10.2. The summed E-state index contributed by atoms with van der Waals surface area (Å²) in [6, 6.07) is 6.07. The molecule has 1 saturated carbocycles. The SMILES string of the molecule is COc1ccc(CCCOc2nc(C3CC3)nc3c2CCNCC3)cc1OC. The summed E-state index contributed by atoms with van der Waals surface area (Å²) in [6.07, 6.45) is 6.15. The predicted molar refractivity (Wildman–Crippen MR) is 108 cm³/mol. The fourth-order valence-corrected chi connectivity index (χ4v) is 3.65. The number of methoxy groups -OCH3 is 2. The lowest BCUT2D eigenvalue weighted by Gasteiger charge is -2.14. The molecule has 6 heteroatoms. The van der Waals surface area contributed by atoms with Gasteiger partial charge in [-0.1, -0.05) is 6.07 Å². The van der Waals surface area contributed by atoms with Crippen LogP contribution in [0.4, 0.5) is 0 Å². The number of nitrogens with one attached hydrogen (secondary N) is 1. The Morgan fingerprint density at radius 2 is 1.86 bits per heavy atom. The molecule has 1 aliphatic carbocycles. The van der Waals surface area contributed by atoms with Gasteiger partial charge in [0.1, 0.15) is 5.82 Å². The molecule has 4 rings (SSSR count). The molecule has 2 heterocycles. The Hall–Kier alpha value is -2.34. The molecule has 2 aromatic rings. The Morgan fingerprint density at radius 1 is 1.04 bits per heavy atom. The molecule has 0 atom stereocenters. The van der Waals surface area contributed by atoms with Crippen molar-refractivity contribution < 1.29 is 14.2 Å². The van der Waals surface area contributed by atoms with Crippen LogP contribution in [-0.4, -0.2) is 43.9 Å². The molecule has 1 aromatic heterocycles. The molecule has 0 amide bonds. The molecule has 0 unspecified atom stereocenters. The summed E-state index contributed by atoms with van der Waals surface area (Å²) < 4.78 is 16.9. The average molecular weight is 383 g/mol. The number of aromatic nitrogens is 2. The number of ether oxygens (including phenoxy) is 3. The van der Waals surface area contributed by atoms with E-state index in [9.17, 15) is 0 Å². The summed E-state index contributed by atoms with van der Waals surface area (Å²) in [5.41, 5.74) is 3.59.